The standard InChI is InChI=1S/C15H14FN3O2/c16-11-5-3-10(4-6-11)13-2-1-9-19(13)15(21)12-7-8-14(20)18-17-12/h3-8,13H,1-2,9H2,(H,18,20). The van der Waals surface area contributed by atoms with Crippen LogP contribution in [0.15, 0.2) is 41.2 Å². The molecule has 1 fully saturated rings. The number of likely N-dealkylation sites (tertiary alicyclic amines) is 1. The molecule has 2 aromatic rings. The summed E-state index contributed by atoms with van der Waals surface area (Å²) < 4.78 is 13.0. The summed E-state index contributed by atoms with van der Waals surface area (Å²) in [7, 11) is 0. The van der Waals surface area contributed by atoms with Crippen LogP contribution in [0.4, 0.5) is 4.39 Å². The Morgan fingerprint density at radius 1 is 1.24 bits per heavy atom. The fourth-order valence-corrected chi connectivity index (χ4v) is 2.65. The van der Waals surface area contributed by atoms with Gasteiger partial charge in [-0.1, -0.05) is 12.1 Å². The molecule has 108 valence electrons. The second-order valence-electron chi connectivity index (χ2n) is 5.01. The van der Waals surface area contributed by atoms with E-state index in [0.717, 1.165) is 18.4 Å². The van der Waals surface area contributed by atoms with Gasteiger partial charge in [-0.05, 0) is 36.6 Å². The van der Waals surface area contributed by atoms with Gasteiger partial charge in [0.1, 0.15) is 11.5 Å². The summed E-state index contributed by atoms with van der Waals surface area (Å²) in [4.78, 5) is 25.2. The highest BCUT2D eigenvalue weighted by Crippen LogP contribution is 2.32. The Morgan fingerprint density at radius 3 is 2.67 bits per heavy atom. The average Bonchev–Trinajstić information content (AvgIpc) is 2.97. The molecule has 2 heterocycles. The molecule has 1 aliphatic rings. The smallest absolute Gasteiger partial charge is 0.274 e. The van der Waals surface area contributed by atoms with Crippen molar-refractivity contribution in [1.82, 2.24) is 15.1 Å². The predicted octanol–water partition coefficient (Wildman–Crippen LogP) is 1.89. The molecule has 21 heavy (non-hydrogen) atoms. The lowest BCUT2D eigenvalue weighted by Gasteiger charge is -2.24. The van der Waals surface area contributed by atoms with E-state index in [9.17, 15) is 14.0 Å². The largest absolute Gasteiger partial charge is 0.330 e. The van der Waals surface area contributed by atoms with Crippen LogP contribution in [0.25, 0.3) is 0 Å². The Hall–Kier alpha value is -2.50. The van der Waals surface area contributed by atoms with E-state index in [0.29, 0.717) is 6.54 Å². The van der Waals surface area contributed by atoms with Gasteiger partial charge in [-0.15, -0.1) is 0 Å². The van der Waals surface area contributed by atoms with Gasteiger partial charge in [-0.3, -0.25) is 9.59 Å². The highest BCUT2D eigenvalue weighted by atomic mass is 19.1. The number of nitrogens with zero attached hydrogens (tertiary/aromatic N) is 2. The third-order valence-electron chi connectivity index (χ3n) is 3.67. The fraction of sp³-hybridized carbons (Fsp3) is 0.267. The van der Waals surface area contributed by atoms with Crippen LogP contribution in [0.1, 0.15) is 34.9 Å². The van der Waals surface area contributed by atoms with E-state index in [4.69, 9.17) is 0 Å². The van der Waals surface area contributed by atoms with E-state index in [-0.39, 0.29) is 29.0 Å². The van der Waals surface area contributed by atoms with Crippen molar-refractivity contribution in [2.75, 3.05) is 6.54 Å². The summed E-state index contributed by atoms with van der Waals surface area (Å²) >= 11 is 0. The summed E-state index contributed by atoms with van der Waals surface area (Å²) in [6.45, 7) is 0.627. The predicted molar refractivity (Wildman–Crippen MR) is 74.3 cm³/mol. The molecular weight excluding hydrogens is 273 g/mol. The number of halogens is 1. The Morgan fingerprint density at radius 2 is 2.00 bits per heavy atom. The van der Waals surface area contributed by atoms with Crippen molar-refractivity contribution >= 4 is 5.91 Å². The molecule has 0 spiro atoms. The Bertz CT molecular complexity index is 691. The van der Waals surface area contributed by atoms with Gasteiger partial charge in [0.2, 0.25) is 0 Å². The van der Waals surface area contributed by atoms with Crippen LogP contribution in [0.2, 0.25) is 0 Å². The molecule has 1 atom stereocenters. The SMILES string of the molecule is O=C(c1ccc(=O)[nH]n1)N1CCCC1c1ccc(F)cc1. The van der Waals surface area contributed by atoms with Gasteiger partial charge in [0.15, 0.2) is 0 Å². The summed E-state index contributed by atoms with van der Waals surface area (Å²) in [5.41, 5.74) is 0.776. The zero-order chi connectivity index (χ0) is 14.8. The van der Waals surface area contributed by atoms with Gasteiger partial charge in [-0.2, -0.15) is 5.10 Å². The Labute approximate surface area is 120 Å². The number of rotatable bonds is 2. The number of nitrogens with one attached hydrogen (secondary N) is 1. The lowest BCUT2D eigenvalue weighted by molar-refractivity contribution is 0.0728. The molecule has 1 aromatic heterocycles. The molecule has 0 bridgehead atoms. The number of carbonyl (C=O) groups is 1. The van der Waals surface area contributed by atoms with E-state index in [1.165, 1.54) is 24.3 Å². The van der Waals surface area contributed by atoms with Crippen LogP contribution in [-0.4, -0.2) is 27.5 Å². The number of aromatic amines is 1. The number of amides is 1. The van der Waals surface area contributed by atoms with E-state index in [1.54, 1.807) is 17.0 Å². The molecule has 3 rings (SSSR count). The Balaban J connectivity index is 1.86. The number of carbonyl (C=O) groups excluding carboxylic acids is 1. The van der Waals surface area contributed by atoms with Gasteiger partial charge in [0, 0.05) is 12.6 Å². The lowest BCUT2D eigenvalue weighted by Crippen LogP contribution is -2.31. The highest BCUT2D eigenvalue weighted by Gasteiger charge is 2.31. The number of benzene rings is 1. The number of hydrogen-bond acceptors (Lipinski definition) is 3. The van der Waals surface area contributed by atoms with E-state index >= 15 is 0 Å². The monoisotopic (exact) mass is 287 g/mol. The third-order valence-corrected chi connectivity index (χ3v) is 3.67. The molecule has 5 nitrogen and oxygen atoms in total. The summed E-state index contributed by atoms with van der Waals surface area (Å²) in [5, 5.41) is 6.04. The molecule has 6 heteroatoms. The van der Waals surface area contributed by atoms with Gasteiger partial charge in [-0.25, -0.2) is 9.49 Å². The maximum absolute atomic E-state index is 13.0. The molecule has 1 N–H and O–H groups in total. The van der Waals surface area contributed by atoms with Crippen LogP contribution in [0.5, 0.6) is 0 Å². The van der Waals surface area contributed by atoms with E-state index < -0.39 is 0 Å². The minimum absolute atomic E-state index is 0.0770. The van der Waals surface area contributed by atoms with Crippen molar-refractivity contribution in [3.63, 3.8) is 0 Å². The first-order chi connectivity index (χ1) is 10.1. The first-order valence-electron chi connectivity index (χ1n) is 6.77. The van der Waals surface area contributed by atoms with Crippen LogP contribution in [0, 0.1) is 5.82 Å². The third kappa shape index (κ3) is 2.69. The van der Waals surface area contributed by atoms with Crippen LogP contribution in [0.3, 0.4) is 0 Å². The lowest BCUT2D eigenvalue weighted by atomic mass is 10.0. The quantitative estimate of drug-likeness (QED) is 0.917. The molecule has 0 saturated carbocycles. The second-order valence-corrected chi connectivity index (χ2v) is 5.01. The summed E-state index contributed by atoms with van der Waals surface area (Å²) in [6, 6.07) is 8.82. The van der Waals surface area contributed by atoms with Crippen molar-refractivity contribution in [2.45, 2.75) is 18.9 Å². The van der Waals surface area contributed by atoms with Crippen molar-refractivity contribution in [3.05, 3.63) is 63.8 Å². The topological polar surface area (TPSA) is 66.1 Å². The van der Waals surface area contributed by atoms with Gasteiger partial charge >= 0.3 is 0 Å². The molecule has 1 amide bonds. The minimum atomic E-state index is -0.344. The highest BCUT2D eigenvalue weighted by molar-refractivity contribution is 5.92. The zero-order valence-electron chi connectivity index (χ0n) is 11.3. The molecule has 1 saturated heterocycles. The average molecular weight is 287 g/mol. The molecular formula is C15H14FN3O2. The van der Waals surface area contributed by atoms with E-state index in [1.807, 2.05) is 0 Å². The first-order valence-corrected chi connectivity index (χ1v) is 6.77. The Kier molecular flexibility index (Phi) is 3.51. The van der Waals surface area contributed by atoms with Crippen LogP contribution in [-0.2, 0) is 0 Å². The molecule has 1 aromatic carbocycles. The first kappa shape index (κ1) is 13.5. The minimum Gasteiger partial charge on any atom is -0.330 e. The number of H-pyrrole nitrogens is 1. The summed E-state index contributed by atoms with van der Waals surface area (Å²) in [6.07, 6.45) is 1.72. The second kappa shape index (κ2) is 5.47. The normalized spacial score (nSPS) is 18.0. The van der Waals surface area contributed by atoms with Crippen LogP contribution >= 0.6 is 0 Å². The maximum atomic E-state index is 13.0. The van der Waals surface area contributed by atoms with Crippen molar-refractivity contribution in [3.8, 4) is 0 Å². The fourth-order valence-electron chi connectivity index (χ4n) is 2.65. The molecule has 1 aliphatic heterocycles. The maximum Gasteiger partial charge on any atom is 0.274 e. The molecule has 1 unspecified atom stereocenters. The van der Waals surface area contributed by atoms with Crippen molar-refractivity contribution in [1.29, 1.82) is 0 Å². The van der Waals surface area contributed by atoms with Crippen LogP contribution < -0.4 is 5.56 Å². The molecule has 0 radical (unpaired) electrons. The summed E-state index contributed by atoms with van der Waals surface area (Å²) in [5.74, 6) is -0.519. The van der Waals surface area contributed by atoms with Gasteiger partial charge < -0.3 is 4.90 Å². The van der Waals surface area contributed by atoms with Crippen molar-refractivity contribution < 1.29 is 9.18 Å². The van der Waals surface area contributed by atoms with E-state index in [2.05, 4.69) is 10.2 Å². The van der Waals surface area contributed by atoms with Crippen molar-refractivity contribution in [2.24, 2.45) is 0 Å². The van der Waals surface area contributed by atoms with Gasteiger partial charge in [0.25, 0.3) is 11.5 Å². The number of aromatic nitrogens is 2. The zero-order valence-corrected chi connectivity index (χ0v) is 11.3. The van der Waals surface area contributed by atoms with Gasteiger partial charge in [0.05, 0.1) is 6.04 Å². The number of hydrogen-bond donors (Lipinski definition) is 1. The molecule has 0 aliphatic carbocycles.